The first kappa shape index (κ1) is 22.1. The number of amides is 2. The van der Waals surface area contributed by atoms with Crippen molar-refractivity contribution in [2.45, 2.75) is 19.6 Å². The third-order valence-corrected chi connectivity index (χ3v) is 5.15. The van der Waals surface area contributed by atoms with Gasteiger partial charge < -0.3 is 24.4 Å². The summed E-state index contributed by atoms with van der Waals surface area (Å²) in [6.07, 6.45) is -0.707. The van der Waals surface area contributed by atoms with Gasteiger partial charge in [-0.15, -0.1) is 0 Å². The maximum absolute atomic E-state index is 14.2. The molecule has 3 aromatic carbocycles. The SMILES string of the molecule is COc1cccc(OCC(=O)Nc2ccc3c(c2)N(Cc2ccccc2F)C(=O)C(C)O3)c1. The molecule has 170 valence electrons. The molecule has 0 radical (unpaired) electrons. The summed E-state index contributed by atoms with van der Waals surface area (Å²) in [6, 6.07) is 18.2. The fourth-order valence-corrected chi connectivity index (χ4v) is 3.48. The molecule has 2 amide bonds. The molecule has 7 nitrogen and oxygen atoms in total. The van der Waals surface area contributed by atoms with E-state index in [0.29, 0.717) is 34.2 Å². The van der Waals surface area contributed by atoms with E-state index < -0.39 is 11.9 Å². The van der Waals surface area contributed by atoms with E-state index in [1.807, 2.05) is 0 Å². The van der Waals surface area contributed by atoms with E-state index >= 15 is 0 Å². The fraction of sp³-hybridized carbons (Fsp3) is 0.200. The monoisotopic (exact) mass is 450 g/mol. The molecule has 1 aliphatic heterocycles. The maximum atomic E-state index is 14.2. The second-order valence-electron chi connectivity index (χ2n) is 7.47. The van der Waals surface area contributed by atoms with Gasteiger partial charge in [-0.05, 0) is 43.3 Å². The highest BCUT2D eigenvalue weighted by atomic mass is 19.1. The number of halogens is 1. The summed E-state index contributed by atoms with van der Waals surface area (Å²) in [5, 5.41) is 2.75. The molecular formula is C25H23FN2O5. The van der Waals surface area contributed by atoms with Crippen LogP contribution in [0.1, 0.15) is 12.5 Å². The molecule has 8 heteroatoms. The zero-order valence-corrected chi connectivity index (χ0v) is 18.2. The van der Waals surface area contributed by atoms with Crippen molar-refractivity contribution in [2.24, 2.45) is 0 Å². The number of fused-ring (bicyclic) bond motifs is 1. The first-order chi connectivity index (χ1) is 15.9. The Bertz CT molecular complexity index is 1180. The molecule has 0 spiro atoms. The van der Waals surface area contributed by atoms with Crippen molar-refractivity contribution in [1.82, 2.24) is 0 Å². The van der Waals surface area contributed by atoms with Gasteiger partial charge >= 0.3 is 0 Å². The van der Waals surface area contributed by atoms with Crippen LogP contribution in [0.4, 0.5) is 15.8 Å². The number of carbonyl (C=O) groups is 2. The van der Waals surface area contributed by atoms with Crippen molar-refractivity contribution in [2.75, 3.05) is 23.9 Å². The lowest BCUT2D eigenvalue weighted by Gasteiger charge is -2.33. The van der Waals surface area contributed by atoms with E-state index in [-0.39, 0.29) is 25.0 Å². The van der Waals surface area contributed by atoms with E-state index in [1.54, 1.807) is 74.7 Å². The van der Waals surface area contributed by atoms with Gasteiger partial charge in [-0.2, -0.15) is 0 Å². The quantitative estimate of drug-likeness (QED) is 0.585. The van der Waals surface area contributed by atoms with Crippen molar-refractivity contribution in [3.05, 3.63) is 78.1 Å². The van der Waals surface area contributed by atoms with Gasteiger partial charge in [-0.1, -0.05) is 24.3 Å². The Kier molecular flexibility index (Phi) is 6.44. The molecule has 0 fully saturated rings. The molecule has 33 heavy (non-hydrogen) atoms. The zero-order chi connectivity index (χ0) is 23.4. The van der Waals surface area contributed by atoms with Crippen LogP contribution in [0.3, 0.4) is 0 Å². The highest BCUT2D eigenvalue weighted by Gasteiger charge is 2.32. The summed E-state index contributed by atoms with van der Waals surface area (Å²) in [6.45, 7) is 1.48. The van der Waals surface area contributed by atoms with Crippen LogP contribution in [-0.4, -0.2) is 31.6 Å². The largest absolute Gasteiger partial charge is 0.497 e. The highest BCUT2D eigenvalue weighted by Crippen LogP contribution is 2.37. The van der Waals surface area contributed by atoms with Crippen LogP contribution >= 0.6 is 0 Å². The van der Waals surface area contributed by atoms with Crippen LogP contribution in [0, 0.1) is 5.82 Å². The standard InChI is InChI=1S/C25H23FN2O5/c1-16-25(30)28(14-17-6-3-4-9-21(17)26)22-12-18(10-11-23(22)33-16)27-24(29)15-32-20-8-5-7-19(13-20)31-2/h3-13,16H,14-15H2,1-2H3,(H,27,29). The number of methoxy groups -OCH3 is 1. The molecule has 0 saturated heterocycles. The van der Waals surface area contributed by atoms with Gasteiger partial charge in [0.15, 0.2) is 12.7 Å². The topological polar surface area (TPSA) is 77.1 Å². The Hall–Kier alpha value is -4.07. The molecular weight excluding hydrogens is 427 g/mol. The second-order valence-corrected chi connectivity index (χ2v) is 7.47. The number of nitrogens with one attached hydrogen (secondary N) is 1. The lowest BCUT2D eigenvalue weighted by atomic mass is 10.1. The molecule has 0 bridgehead atoms. The van der Waals surface area contributed by atoms with Gasteiger partial charge in [0.05, 0.1) is 19.3 Å². The van der Waals surface area contributed by atoms with Crippen LogP contribution in [0.5, 0.6) is 17.2 Å². The normalized spacial score (nSPS) is 14.8. The Labute approximate surface area is 190 Å². The van der Waals surface area contributed by atoms with E-state index in [1.165, 1.54) is 11.0 Å². The number of rotatable bonds is 7. The van der Waals surface area contributed by atoms with Gasteiger partial charge in [0.2, 0.25) is 0 Å². The number of anilines is 2. The third kappa shape index (κ3) is 5.06. The molecule has 0 aromatic heterocycles. The summed E-state index contributed by atoms with van der Waals surface area (Å²) >= 11 is 0. The van der Waals surface area contributed by atoms with Crippen LogP contribution in [0.2, 0.25) is 0 Å². The summed E-state index contributed by atoms with van der Waals surface area (Å²) in [5.41, 5.74) is 1.29. The van der Waals surface area contributed by atoms with Gasteiger partial charge in [-0.3, -0.25) is 9.59 Å². The van der Waals surface area contributed by atoms with Gasteiger partial charge in [0.1, 0.15) is 23.1 Å². The molecule has 3 aromatic rings. The summed E-state index contributed by atoms with van der Waals surface area (Å²) in [7, 11) is 1.55. The van der Waals surface area contributed by atoms with Crippen molar-refractivity contribution in [3.63, 3.8) is 0 Å². The maximum Gasteiger partial charge on any atom is 0.268 e. The van der Waals surface area contributed by atoms with Crippen molar-refractivity contribution in [3.8, 4) is 17.2 Å². The molecule has 1 aliphatic rings. The molecule has 1 atom stereocenters. The van der Waals surface area contributed by atoms with Crippen molar-refractivity contribution < 1.29 is 28.2 Å². The number of nitrogens with zero attached hydrogens (tertiary/aromatic N) is 1. The molecule has 1 unspecified atom stereocenters. The Morgan fingerprint density at radius 1 is 1.09 bits per heavy atom. The van der Waals surface area contributed by atoms with E-state index in [0.717, 1.165) is 0 Å². The van der Waals surface area contributed by atoms with Crippen LogP contribution in [-0.2, 0) is 16.1 Å². The van der Waals surface area contributed by atoms with Gasteiger partial charge in [0, 0.05) is 17.3 Å². The summed E-state index contributed by atoms with van der Waals surface area (Å²) in [5.74, 6) is 0.523. The minimum absolute atomic E-state index is 0.0442. The van der Waals surface area contributed by atoms with Crippen LogP contribution in [0.25, 0.3) is 0 Å². The van der Waals surface area contributed by atoms with Crippen LogP contribution < -0.4 is 24.4 Å². The molecule has 0 saturated carbocycles. The van der Waals surface area contributed by atoms with Crippen LogP contribution in [0.15, 0.2) is 66.7 Å². The second kappa shape index (κ2) is 9.60. The molecule has 1 heterocycles. The summed E-state index contributed by atoms with van der Waals surface area (Å²) < 4.78 is 30.6. The lowest BCUT2D eigenvalue weighted by molar-refractivity contribution is -0.125. The highest BCUT2D eigenvalue weighted by molar-refractivity contribution is 6.01. The predicted molar refractivity (Wildman–Crippen MR) is 121 cm³/mol. The minimum Gasteiger partial charge on any atom is -0.497 e. The molecule has 1 N–H and O–H groups in total. The Morgan fingerprint density at radius 2 is 1.88 bits per heavy atom. The number of ether oxygens (including phenoxy) is 3. The number of carbonyl (C=O) groups excluding carboxylic acids is 2. The van der Waals surface area contributed by atoms with Crippen molar-refractivity contribution >= 4 is 23.2 Å². The van der Waals surface area contributed by atoms with E-state index in [4.69, 9.17) is 14.2 Å². The van der Waals surface area contributed by atoms with Gasteiger partial charge in [0.25, 0.3) is 11.8 Å². The number of hydrogen-bond donors (Lipinski definition) is 1. The first-order valence-corrected chi connectivity index (χ1v) is 10.4. The fourth-order valence-electron chi connectivity index (χ4n) is 3.48. The third-order valence-electron chi connectivity index (χ3n) is 5.15. The Morgan fingerprint density at radius 3 is 2.67 bits per heavy atom. The average Bonchev–Trinajstić information content (AvgIpc) is 2.82. The minimum atomic E-state index is -0.707. The average molecular weight is 450 g/mol. The smallest absolute Gasteiger partial charge is 0.268 e. The van der Waals surface area contributed by atoms with E-state index in [2.05, 4.69) is 5.32 Å². The lowest BCUT2D eigenvalue weighted by Crippen LogP contribution is -2.44. The predicted octanol–water partition coefficient (Wildman–Crippen LogP) is 4.17. The zero-order valence-electron chi connectivity index (χ0n) is 18.2. The van der Waals surface area contributed by atoms with Crippen molar-refractivity contribution in [1.29, 1.82) is 0 Å². The Balaban J connectivity index is 1.49. The summed E-state index contributed by atoms with van der Waals surface area (Å²) in [4.78, 5) is 26.7. The molecule has 4 rings (SSSR count). The van der Waals surface area contributed by atoms with E-state index in [9.17, 15) is 14.0 Å². The number of hydrogen-bond acceptors (Lipinski definition) is 5. The number of benzene rings is 3. The molecule has 0 aliphatic carbocycles. The first-order valence-electron chi connectivity index (χ1n) is 10.4. The van der Waals surface area contributed by atoms with Gasteiger partial charge in [-0.25, -0.2) is 4.39 Å².